The Labute approximate surface area is 148 Å². The van der Waals surface area contributed by atoms with Crippen molar-refractivity contribution in [3.8, 4) is 0 Å². The number of nitrogens with zero attached hydrogens (tertiary/aromatic N) is 5. The fraction of sp³-hybridized carbons (Fsp3) is 0.611. The second-order valence-corrected chi connectivity index (χ2v) is 7.90. The first-order valence-electron chi connectivity index (χ1n) is 8.91. The van der Waals surface area contributed by atoms with Gasteiger partial charge in [-0.2, -0.15) is 11.3 Å². The summed E-state index contributed by atoms with van der Waals surface area (Å²) in [6.45, 7) is 11.2. The van der Waals surface area contributed by atoms with Gasteiger partial charge in [0, 0.05) is 58.6 Å². The molecule has 24 heavy (non-hydrogen) atoms. The highest BCUT2D eigenvalue weighted by molar-refractivity contribution is 7.07. The van der Waals surface area contributed by atoms with Gasteiger partial charge in [0.05, 0.1) is 11.7 Å². The average molecular weight is 346 g/mol. The highest BCUT2D eigenvalue weighted by Crippen LogP contribution is 2.27. The SMILES string of the molecule is C[C@@H]1c2ncc(CN3CCN(C)CC3)n2CCN1Cc1ccsc1. The van der Waals surface area contributed by atoms with E-state index in [1.54, 1.807) is 11.3 Å². The predicted octanol–water partition coefficient (Wildman–Crippen LogP) is 2.27. The molecule has 1 fully saturated rings. The Morgan fingerprint density at radius 3 is 2.71 bits per heavy atom. The molecule has 130 valence electrons. The smallest absolute Gasteiger partial charge is 0.126 e. The Kier molecular flexibility index (Phi) is 4.72. The Morgan fingerprint density at radius 2 is 1.96 bits per heavy atom. The molecule has 2 aliphatic heterocycles. The number of fused-ring (bicyclic) bond motifs is 1. The maximum absolute atomic E-state index is 4.78. The van der Waals surface area contributed by atoms with Gasteiger partial charge in [-0.15, -0.1) is 0 Å². The molecule has 0 aliphatic carbocycles. The van der Waals surface area contributed by atoms with Crippen molar-refractivity contribution in [2.45, 2.75) is 32.6 Å². The van der Waals surface area contributed by atoms with Crippen LogP contribution in [0.5, 0.6) is 0 Å². The Balaban J connectivity index is 1.44. The summed E-state index contributed by atoms with van der Waals surface area (Å²) in [5.41, 5.74) is 2.81. The molecule has 4 heterocycles. The molecule has 0 spiro atoms. The quantitative estimate of drug-likeness (QED) is 0.850. The normalized spacial score (nSPS) is 23.5. The molecule has 2 aliphatic rings. The van der Waals surface area contributed by atoms with Crippen molar-refractivity contribution < 1.29 is 0 Å². The van der Waals surface area contributed by atoms with Gasteiger partial charge in [-0.1, -0.05) is 0 Å². The van der Waals surface area contributed by atoms with E-state index in [9.17, 15) is 0 Å². The third-order valence-electron chi connectivity index (χ3n) is 5.45. The van der Waals surface area contributed by atoms with Crippen molar-refractivity contribution >= 4 is 11.3 Å². The fourth-order valence-electron chi connectivity index (χ4n) is 3.80. The summed E-state index contributed by atoms with van der Waals surface area (Å²) < 4.78 is 2.47. The Morgan fingerprint density at radius 1 is 1.12 bits per heavy atom. The molecule has 0 amide bonds. The van der Waals surface area contributed by atoms with Gasteiger partial charge in [-0.3, -0.25) is 9.80 Å². The van der Waals surface area contributed by atoms with Gasteiger partial charge in [0.15, 0.2) is 0 Å². The molecule has 0 radical (unpaired) electrons. The minimum absolute atomic E-state index is 0.389. The van der Waals surface area contributed by atoms with Crippen molar-refractivity contribution in [1.29, 1.82) is 0 Å². The zero-order chi connectivity index (χ0) is 16.5. The first-order valence-corrected chi connectivity index (χ1v) is 9.85. The molecule has 0 aromatic carbocycles. The van der Waals surface area contributed by atoms with Crippen molar-refractivity contribution in [2.24, 2.45) is 0 Å². The van der Waals surface area contributed by atoms with Gasteiger partial charge >= 0.3 is 0 Å². The number of hydrogen-bond donors (Lipinski definition) is 0. The molecule has 6 heteroatoms. The summed E-state index contributed by atoms with van der Waals surface area (Å²) in [7, 11) is 2.21. The molecule has 1 atom stereocenters. The molecular weight excluding hydrogens is 318 g/mol. The van der Waals surface area contributed by atoms with Crippen molar-refractivity contribution in [3.05, 3.63) is 40.1 Å². The highest BCUT2D eigenvalue weighted by atomic mass is 32.1. The van der Waals surface area contributed by atoms with Crippen LogP contribution in [0.1, 0.15) is 30.0 Å². The summed E-state index contributed by atoms with van der Waals surface area (Å²) in [6.07, 6.45) is 2.11. The summed E-state index contributed by atoms with van der Waals surface area (Å²) in [5.74, 6) is 1.24. The van der Waals surface area contributed by atoms with Gasteiger partial charge in [0.2, 0.25) is 0 Å². The minimum atomic E-state index is 0.389. The van der Waals surface area contributed by atoms with Crippen LogP contribution in [0.2, 0.25) is 0 Å². The van der Waals surface area contributed by atoms with E-state index in [4.69, 9.17) is 4.98 Å². The first kappa shape index (κ1) is 16.3. The molecule has 0 bridgehead atoms. The lowest BCUT2D eigenvalue weighted by molar-refractivity contribution is 0.136. The highest BCUT2D eigenvalue weighted by Gasteiger charge is 2.27. The van der Waals surface area contributed by atoms with E-state index in [1.807, 2.05) is 0 Å². The number of aromatic nitrogens is 2. The molecule has 0 N–H and O–H groups in total. The number of piperazine rings is 1. The van der Waals surface area contributed by atoms with Crippen LogP contribution in [0.25, 0.3) is 0 Å². The van der Waals surface area contributed by atoms with Gasteiger partial charge < -0.3 is 9.47 Å². The third kappa shape index (κ3) is 3.28. The largest absolute Gasteiger partial charge is 0.328 e. The zero-order valence-electron chi connectivity index (χ0n) is 14.7. The van der Waals surface area contributed by atoms with Crippen molar-refractivity contribution in [2.75, 3.05) is 39.8 Å². The molecule has 2 aromatic heterocycles. The number of likely N-dealkylation sites (N-methyl/N-ethyl adjacent to an activating group) is 1. The summed E-state index contributed by atoms with van der Waals surface area (Å²) in [6, 6.07) is 2.62. The van der Waals surface area contributed by atoms with Crippen LogP contribution in [0.3, 0.4) is 0 Å². The van der Waals surface area contributed by atoms with E-state index in [1.165, 1.54) is 30.2 Å². The maximum Gasteiger partial charge on any atom is 0.126 e. The lowest BCUT2D eigenvalue weighted by atomic mass is 10.2. The maximum atomic E-state index is 4.78. The van der Waals surface area contributed by atoms with Crippen molar-refractivity contribution in [3.63, 3.8) is 0 Å². The zero-order valence-corrected chi connectivity index (χ0v) is 15.5. The molecule has 1 saturated heterocycles. The number of rotatable bonds is 4. The lowest BCUT2D eigenvalue weighted by Crippen LogP contribution is -2.44. The van der Waals surface area contributed by atoms with E-state index >= 15 is 0 Å². The second-order valence-electron chi connectivity index (χ2n) is 7.12. The van der Waals surface area contributed by atoms with Gasteiger partial charge in [0.1, 0.15) is 5.82 Å². The first-order chi connectivity index (χ1) is 11.7. The van der Waals surface area contributed by atoms with Crippen LogP contribution < -0.4 is 0 Å². The van der Waals surface area contributed by atoms with Crippen LogP contribution in [0.4, 0.5) is 0 Å². The van der Waals surface area contributed by atoms with Crippen LogP contribution in [-0.2, 0) is 19.6 Å². The molecule has 5 nitrogen and oxygen atoms in total. The molecule has 2 aromatic rings. The van der Waals surface area contributed by atoms with Crippen LogP contribution in [-0.4, -0.2) is 64.0 Å². The van der Waals surface area contributed by atoms with E-state index in [0.717, 1.165) is 39.3 Å². The Bertz CT molecular complexity index is 657. The molecular formula is C18H27N5S. The minimum Gasteiger partial charge on any atom is -0.328 e. The fourth-order valence-corrected chi connectivity index (χ4v) is 4.46. The number of thiophene rings is 1. The van der Waals surface area contributed by atoms with Gasteiger partial charge in [-0.25, -0.2) is 4.98 Å². The summed E-state index contributed by atoms with van der Waals surface area (Å²) >= 11 is 1.78. The summed E-state index contributed by atoms with van der Waals surface area (Å²) in [4.78, 5) is 12.3. The van der Waals surface area contributed by atoms with E-state index < -0.39 is 0 Å². The van der Waals surface area contributed by atoms with Gasteiger partial charge in [0.25, 0.3) is 0 Å². The third-order valence-corrected chi connectivity index (χ3v) is 6.18. The standard InChI is InChI=1S/C18H27N5S/c1-15-18-19-11-17(13-21-6-4-20(2)5-7-21)23(18)9-8-22(15)12-16-3-10-24-14-16/h3,10-11,14-15H,4-9,12-13H2,1-2H3/t15-/m1/s1. The number of hydrogen-bond acceptors (Lipinski definition) is 5. The van der Waals surface area contributed by atoms with Crippen LogP contribution in [0, 0.1) is 0 Å². The lowest BCUT2D eigenvalue weighted by Gasteiger charge is -2.35. The molecule has 0 unspecified atom stereocenters. The topological polar surface area (TPSA) is 27.5 Å². The Hall–Kier alpha value is -1.21. The molecule has 4 rings (SSSR count). The number of imidazole rings is 1. The average Bonchev–Trinajstić information content (AvgIpc) is 3.23. The molecule has 0 saturated carbocycles. The van der Waals surface area contributed by atoms with Gasteiger partial charge in [-0.05, 0) is 36.4 Å². The van der Waals surface area contributed by atoms with Crippen molar-refractivity contribution in [1.82, 2.24) is 24.3 Å². The van der Waals surface area contributed by atoms with Crippen LogP contribution >= 0.6 is 11.3 Å². The second kappa shape index (κ2) is 6.96. The van der Waals surface area contributed by atoms with E-state index in [-0.39, 0.29) is 0 Å². The van der Waals surface area contributed by atoms with E-state index in [2.05, 4.69) is 56.3 Å². The monoisotopic (exact) mass is 345 g/mol. The van der Waals surface area contributed by atoms with Crippen LogP contribution in [0.15, 0.2) is 23.0 Å². The summed E-state index contributed by atoms with van der Waals surface area (Å²) in [5, 5.41) is 4.42. The van der Waals surface area contributed by atoms with E-state index in [0.29, 0.717) is 6.04 Å². The predicted molar refractivity (Wildman–Crippen MR) is 98.1 cm³/mol.